The maximum absolute atomic E-state index is 12.7. The molecule has 0 spiro atoms. The zero-order valence-corrected chi connectivity index (χ0v) is 18.8. The normalized spacial score (nSPS) is 18.2. The highest BCUT2D eigenvalue weighted by Gasteiger charge is 2.40. The molecule has 6 nitrogen and oxygen atoms in total. The van der Waals surface area contributed by atoms with Gasteiger partial charge in [0.2, 0.25) is 5.91 Å². The largest absolute Gasteiger partial charge is 0.357 e. The van der Waals surface area contributed by atoms with Crippen LogP contribution in [-0.2, 0) is 11.8 Å². The Labute approximate surface area is 188 Å². The van der Waals surface area contributed by atoms with Gasteiger partial charge in [0.25, 0.3) is 0 Å². The summed E-state index contributed by atoms with van der Waals surface area (Å²) in [6.07, 6.45) is 6.26. The van der Waals surface area contributed by atoms with Gasteiger partial charge in [-0.3, -0.25) is 9.78 Å². The Morgan fingerprint density at radius 1 is 1.23 bits per heavy atom. The number of aromatic nitrogens is 2. The Morgan fingerprint density at radius 3 is 2.77 bits per heavy atom. The van der Waals surface area contributed by atoms with Crippen LogP contribution in [0.1, 0.15) is 40.9 Å². The minimum absolute atomic E-state index is 0.0235. The van der Waals surface area contributed by atoms with Gasteiger partial charge in [-0.05, 0) is 67.0 Å². The van der Waals surface area contributed by atoms with Gasteiger partial charge in [-0.15, -0.1) is 0 Å². The van der Waals surface area contributed by atoms with E-state index in [-0.39, 0.29) is 18.0 Å². The molecule has 2 aromatic heterocycles. The number of nitrogens with zero attached hydrogens (tertiary/aromatic N) is 3. The number of carbonyl (C=O) groups is 1. The first-order chi connectivity index (χ1) is 14.9. The summed E-state index contributed by atoms with van der Waals surface area (Å²) in [5, 5.41) is 7.11. The summed E-state index contributed by atoms with van der Waals surface area (Å²) < 4.78 is 2.03. The van der Waals surface area contributed by atoms with Crippen LogP contribution in [0.4, 0.5) is 5.69 Å². The van der Waals surface area contributed by atoms with E-state index in [1.165, 1.54) is 0 Å². The monoisotopic (exact) mass is 433 g/mol. The predicted molar refractivity (Wildman–Crippen MR) is 127 cm³/mol. The van der Waals surface area contributed by atoms with Crippen LogP contribution in [0.2, 0.25) is 0 Å². The summed E-state index contributed by atoms with van der Waals surface area (Å²) in [6.45, 7) is 4.54. The van der Waals surface area contributed by atoms with E-state index in [4.69, 9.17) is 12.2 Å². The van der Waals surface area contributed by atoms with Crippen LogP contribution in [0.5, 0.6) is 0 Å². The predicted octanol–water partition coefficient (Wildman–Crippen LogP) is 4.04. The molecule has 0 radical (unpaired) electrons. The van der Waals surface area contributed by atoms with Crippen molar-refractivity contribution in [1.29, 1.82) is 0 Å². The number of benzene rings is 1. The van der Waals surface area contributed by atoms with Crippen LogP contribution in [0, 0.1) is 13.8 Å². The highest BCUT2D eigenvalue weighted by atomic mass is 32.1. The molecule has 2 atom stereocenters. The smallest absolute Gasteiger partial charge is 0.226 e. The van der Waals surface area contributed by atoms with E-state index in [1.54, 1.807) is 6.20 Å². The van der Waals surface area contributed by atoms with Crippen LogP contribution in [0.25, 0.3) is 0 Å². The lowest BCUT2D eigenvalue weighted by molar-refractivity contribution is -0.116. The van der Waals surface area contributed by atoms with E-state index >= 15 is 0 Å². The summed E-state index contributed by atoms with van der Waals surface area (Å²) in [6, 6.07) is 14.0. The van der Waals surface area contributed by atoms with Crippen LogP contribution in [0.3, 0.4) is 0 Å². The molecular formula is C24H27N5OS. The average molecular weight is 434 g/mol. The molecule has 0 unspecified atom stereocenters. The number of aryl methyl sites for hydroxylation is 3. The van der Waals surface area contributed by atoms with Crippen LogP contribution in [0.15, 0.2) is 61.1 Å². The summed E-state index contributed by atoms with van der Waals surface area (Å²) >= 11 is 5.67. The number of hydrogen-bond donors (Lipinski definition) is 2. The summed E-state index contributed by atoms with van der Waals surface area (Å²) in [4.78, 5) is 19.4. The van der Waals surface area contributed by atoms with Crippen molar-refractivity contribution in [2.24, 2.45) is 7.05 Å². The summed E-state index contributed by atoms with van der Waals surface area (Å²) in [7, 11) is 2.00. The molecule has 160 valence electrons. The Hall–Kier alpha value is -3.19. The number of rotatable bonds is 6. The molecule has 2 N–H and O–H groups in total. The first-order valence-electron chi connectivity index (χ1n) is 10.4. The fraction of sp³-hybridized carbons (Fsp3) is 0.292. The third-order valence-electron chi connectivity index (χ3n) is 5.64. The van der Waals surface area contributed by atoms with Crippen molar-refractivity contribution in [3.8, 4) is 0 Å². The third-order valence-corrected chi connectivity index (χ3v) is 5.99. The third kappa shape index (κ3) is 4.61. The minimum atomic E-state index is -0.0711. The van der Waals surface area contributed by atoms with Crippen molar-refractivity contribution in [3.05, 3.63) is 83.4 Å². The second-order valence-electron chi connectivity index (χ2n) is 8.05. The van der Waals surface area contributed by atoms with Gasteiger partial charge in [0.05, 0.1) is 17.8 Å². The lowest BCUT2D eigenvalue weighted by Crippen LogP contribution is -2.32. The Bertz CT molecular complexity index is 1090. The number of pyridine rings is 1. The first-order valence-corrected chi connectivity index (χ1v) is 10.8. The molecule has 1 aliphatic heterocycles. The number of carbonyl (C=O) groups excluding carboxylic acids is 1. The van der Waals surface area contributed by atoms with Gasteiger partial charge in [-0.25, -0.2) is 0 Å². The van der Waals surface area contributed by atoms with Crippen molar-refractivity contribution in [2.75, 3.05) is 11.9 Å². The molecule has 1 amide bonds. The van der Waals surface area contributed by atoms with E-state index < -0.39 is 0 Å². The molecule has 0 saturated carbocycles. The molecule has 1 aromatic carbocycles. The molecule has 0 bridgehead atoms. The fourth-order valence-electron chi connectivity index (χ4n) is 4.01. The minimum Gasteiger partial charge on any atom is -0.357 e. The quantitative estimate of drug-likeness (QED) is 0.575. The fourth-order valence-corrected chi connectivity index (χ4v) is 4.35. The standard InChI is InChI=1S/C24H27N5OS/c1-16-7-8-17(2)20(14-16)26-21(30)10-13-29-23(18-9-12-28(3)15-18)22(27-24(29)31)19-6-4-5-11-25-19/h4-9,11-12,14-15,22-23H,10,13H2,1-3H3,(H,26,30)(H,27,31)/t22-,23+/m0/s1. The molecule has 1 aliphatic rings. The van der Waals surface area contributed by atoms with Gasteiger partial charge >= 0.3 is 0 Å². The maximum Gasteiger partial charge on any atom is 0.226 e. The first kappa shape index (κ1) is 21.1. The summed E-state index contributed by atoms with van der Waals surface area (Å²) in [5.74, 6) is -0.0235. The van der Waals surface area contributed by atoms with E-state index in [0.29, 0.717) is 18.1 Å². The highest BCUT2D eigenvalue weighted by molar-refractivity contribution is 7.80. The second-order valence-corrected chi connectivity index (χ2v) is 8.43. The zero-order valence-electron chi connectivity index (χ0n) is 18.0. The van der Waals surface area contributed by atoms with Gasteiger partial charge in [-0.2, -0.15) is 0 Å². The molecule has 1 fully saturated rings. The van der Waals surface area contributed by atoms with E-state index in [9.17, 15) is 4.79 Å². The molecule has 0 aliphatic carbocycles. The lowest BCUT2D eigenvalue weighted by Gasteiger charge is -2.27. The van der Waals surface area contributed by atoms with E-state index in [2.05, 4.69) is 32.8 Å². The van der Waals surface area contributed by atoms with Gasteiger partial charge < -0.3 is 20.1 Å². The second kappa shape index (κ2) is 8.89. The number of anilines is 1. The number of hydrogen-bond acceptors (Lipinski definition) is 3. The van der Waals surface area contributed by atoms with Gasteiger partial charge in [-0.1, -0.05) is 18.2 Å². The molecule has 31 heavy (non-hydrogen) atoms. The average Bonchev–Trinajstić information content (AvgIpc) is 3.32. The Balaban J connectivity index is 1.52. The SMILES string of the molecule is Cc1ccc(C)c(NC(=O)CCN2C(=S)N[C@@H](c3ccccn3)[C@H]2c2ccn(C)c2)c1. The number of thiocarbonyl (C=S) groups is 1. The molecule has 3 heterocycles. The van der Waals surface area contributed by atoms with Gasteiger partial charge in [0, 0.05) is 44.3 Å². The van der Waals surface area contributed by atoms with Crippen molar-refractivity contribution >= 4 is 28.9 Å². The molecule has 1 saturated heterocycles. The molecule has 7 heteroatoms. The number of amides is 1. The highest BCUT2D eigenvalue weighted by Crippen LogP contribution is 2.38. The van der Waals surface area contributed by atoms with Crippen LogP contribution >= 0.6 is 12.2 Å². The molecule has 3 aromatic rings. The van der Waals surface area contributed by atoms with Crippen LogP contribution < -0.4 is 10.6 Å². The summed E-state index contributed by atoms with van der Waals surface area (Å²) in [5.41, 5.74) is 5.10. The van der Waals surface area contributed by atoms with Gasteiger partial charge in [0.1, 0.15) is 0 Å². The Morgan fingerprint density at radius 2 is 2.06 bits per heavy atom. The van der Waals surface area contributed by atoms with Crippen LogP contribution in [-0.4, -0.2) is 32.0 Å². The van der Waals surface area contributed by atoms with E-state index in [0.717, 1.165) is 28.1 Å². The van der Waals surface area contributed by atoms with Crippen molar-refractivity contribution < 1.29 is 4.79 Å². The Kier molecular flexibility index (Phi) is 6.04. The topological polar surface area (TPSA) is 62.2 Å². The maximum atomic E-state index is 12.7. The van der Waals surface area contributed by atoms with Crippen molar-refractivity contribution in [3.63, 3.8) is 0 Å². The van der Waals surface area contributed by atoms with E-state index in [1.807, 2.05) is 68.1 Å². The molecular weight excluding hydrogens is 406 g/mol. The molecule has 4 rings (SSSR count). The zero-order chi connectivity index (χ0) is 22.0. The van der Waals surface area contributed by atoms with Crippen molar-refractivity contribution in [1.82, 2.24) is 19.8 Å². The van der Waals surface area contributed by atoms with Gasteiger partial charge in [0.15, 0.2) is 5.11 Å². The lowest BCUT2D eigenvalue weighted by atomic mass is 9.99. The van der Waals surface area contributed by atoms with Crippen molar-refractivity contribution in [2.45, 2.75) is 32.4 Å². The number of nitrogens with one attached hydrogen (secondary N) is 2.